The SMILES string of the molecule is CC=COCCOCC[Si](OCC)(OCC)OCC. The van der Waals surface area contributed by atoms with Crippen molar-refractivity contribution in [3.05, 3.63) is 12.3 Å². The molecule has 0 aliphatic carbocycles. The molecule has 114 valence electrons. The van der Waals surface area contributed by atoms with Crippen LogP contribution in [-0.4, -0.2) is 48.4 Å². The number of hydrogen-bond acceptors (Lipinski definition) is 5. The van der Waals surface area contributed by atoms with Gasteiger partial charge in [-0.15, -0.1) is 0 Å². The highest BCUT2D eigenvalue weighted by Crippen LogP contribution is 2.15. The van der Waals surface area contributed by atoms with E-state index >= 15 is 0 Å². The van der Waals surface area contributed by atoms with Gasteiger partial charge in [-0.2, -0.15) is 0 Å². The minimum absolute atomic E-state index is 0.552. The molecule has 0 aliphatic heterocycles. The molecule has 0 aromatic carbocycles. The van der Waals surface area contributed by atoms with Crippen molar-refractivity contribution in [3.63, 3.8) is 0 Å². The molecule has 0 spiro atoms. The van der Waals surface area contributed by atoms with E-state index in [0.29, 0.717) is 45.7 Å². The van der Waals surface area contributed by atoms with E-state index in [1.165, 1.54) is 0 Å². The lowest BCUT2D eigenvalue weighted by Gasteiger charge is -2.28. The van der Waals surface area contributed by atoms with Crippen LogP contribution in [0.15, 0.2) is 12.3 Å². The lowest BCUT2D eigenvalue weighted by molar-refractivity contribution is 0.0499. The minimum atomic E-state index is -2.55. The van der Waals surface area contributed by atoms with Crippen molar-refractivity contribution in [2.75, 3.05) is 39.6 Å². The van der Waals surface area contributed by atoms with Crippen molar-refractivity contribution in [3.8, 4) is 0 Å². The smallest absolute Gasteiger partial charge is 0.499 e. The van der Waals surface area contributed by atoms with Gasteiger partial charge in [0.15, 0.2) is 0 Å². The third-order valence-electron chi connectivity index (χ3n) is 2.22. The summed E-state index contributed by atoms with van der Waals surface area (Å²) in [4.78, 5) is 0. The fraction of sp³-hybridized carbons (Fsp3) is 0.846. The molecule has 0 unspecified atom stereocenters. The fourth-order valence-electron chi connectivity index (χ4n) is 1.57. The van der Waals surface area contributed by atoms with Crippen LogP contribution in [0.4, 0.5) is 0 Å². The Morgan fingerprint density at radius 2 is 1.42 bits per heavy atom. The second-order valence-corrected chi connectivity index (χ2v) is 6.42. The van der Waals surface area contributed by atoms with Crippen LogP contribution in [0.2, 0.25) is 6.04 Å². The molecule has 0 N–H and O–H groups in total. The van der Waals surface area contributed by atoms with Crippen LogP contribution in [0.1, 0.15) is 27.7 Å². The third kappa shape index (κ3) is 9.18. The Balaban J connectivity index is 3.96. The van der Waals surface area contributed by atoms with Gasteiger partial charge in [0.2, 0.25) is 0 Å². The van der Waals surface area contributed by atoms with Crippen LogP contribution in [0.5, 0.6) is 0 Å². The van der Waals surface area contributed by atoms with E-state index < -0.39 is 8.80 Å². The summed E-state index contributed by atoms with van der Waals surface area (Å²) in [7, 11) is -2.55. The van der Waals surface area contributed by atoms with Crippen LogP contribution in [-0.2, 0) is 22.8 Å². The molecule has 0 aromatic heterocycles. The molecule has 0 aliphatic rings. The highest BCUT2D eigenvalue weighted by Gasteiger charge is 2.39. The number of rotatable bonds is 13. The summed E-state index contributed by atoms with van der Waals surface area (Å²) < 4.78 is 27.9. The Labute approximate surface area is 118 Å². The first-order valence-electron chi connectivity index (χ1n) is 6.97. The molecule has 19 heavy (non-hydrogen) atoms. The van der Waals surface area contributed by atoms with Crippen LogP contribution in [0.3, 0.4) is 0 Å². The summed E-state index contributed by atoms with van der Waals surface area (Å²) in [5, 5.41) is 0. The van der Waals surface area contributed by atoms with Gasteiger partial charge in [0, 0.05) is 25.9 Å². The molecule has 0 radical (unpaired) electrons. The maximum atomic E-state index is 5.73. The van der Waals surface area contributed by atoms with Crippen molar-refractivity contribution >= 4 is 8.80 Å². The Morgan fingerprint density at radius 1 is 0.842 bits per heavy atom. The highest BCUT2D eigenvalue weighted by atomic mass is 28.4. The van der Waals surface area contributed by atoms with Crippen molar-refractivity contribution in [1.29, 1.82) is 0 Å². The van der Waals surface area contributed by atoms with Gasteiger partial charge in [-0.05, 0) is 27.7 Å². The van der Waals surface area contributed by atoms with E-state index in [1.54, 1.807) is 6.26 Å². The summed E-state index contributed by atoms with van der Waals surface area (Å²) in [6.07, 6.45) is 3.50. The summed E-state index contributed by atoms with van der Waals surface area (Å²) in [5.41, 5.74) is 0. The second kappa shape index (κ2) is 12.6. The quantitative estimate of drug-likeness (QED) is 0.297. The number of ether oxygens (including phenoxy) is 2. The Bertz CT molecular complexity index is 206. The third-order valence-corrected chi connectivity index (χ3v) is 5.23. The van der Waals surface area contributed by atoms with Crippen molar-refractivity contribution < 1.29 is 22.8 Å². The van der Waals surface area contributed by atoms with Crippen LogP contribution < -0.4 is 0 Å². The van der Waals surface area contributed by atoms with Crippen LogP contribution in [0.25, 0.3) is 0 Å². The summed E-state index contributed by atoms with van der Waals surface area (Å²) in [6.45, 7) is 11.2. The lowest BCUT2D eigenvalue weighted by Crippen LogP contribution is -2.46. The van der Waals surface area contributed by atoms with E-state index in [4.69, 9.17) is 22.8 Å². The monoisotopic (exact) mass is 292 g/mol. The number of hydrogen-bond donors (Lipinski definition) is 0. The first-order valence-corrected chi connectivity index (χ1v) is 8.90. The van der Waals surface area contributed by atoms with Crippen LogP contribution >= 0.6 is 0 Å². The highest BCUT2D eigenvalue weighted by molar-refractivity contribution is 6.60. The van der Waals surface area contributed by atoms with Gasteiger partial charge in [-0.3, -0.25) is 0 Å². The molecule has 5 nitrogen and oxygen atoms in total. The molecule has 6 heteroatoms. The molecule has 0 aromatic rings. The summed E-state index contributed by atoms with van der Waals surface area (Å²) in [6, 6.07) is 0.673. The molecular formula is C13H28O5Si. The van der Waals surface area contributed by atoms with Gasteiger partial charge in [0.1, 0.15) is 6.61 Å². The van der Waals surface area contributed by atoms with Gasteiger partial charge >= 0.3 is 8.80 Å². The maximum Gasteiger partial charge on any atom is 0.503 e. The predicted molar refractivity (Wildman–Crippen MR) is 77.0 cm³/mol. The standard InChI is InChI=1S/C13H28O5Si/c1-5-9-14-10-11-15-12-13-19(16-6-2,17-7-3)18-8-4/h5,9H,6-8,10-13H2,1-4H3. The molecule has 0 saturated heterocycles. The molecule has 0 fully saturated rings. The largest absolute Gasteiger partial charge is 0.503 e. The Kier molecular flexibility index (Phi) is 12.4. The Morgan fingerprint density at radius 3 is 1.89 bits per heavy atom. The van der Waals surface area contributed by atoms with Gasteiger partial charge < -0.3 is 22.8 Å². The Hall–Kier alpha value is -0.403. The molecule has 0 heterocycles. The van der Waals surface area contributed by atoms with Crippen molar-refractivity contribution in [1.82, 2.24) is 0 Å². The van der Waals surface area contributed by atoms with E-state index in [0.717, 1.165) is 0 Å². The van der Waals surface area contributed by atoms with Gasteiger partial charge in [-0.1, -0.05) is 6.08 Å². The average Bonchev–Trinajstić information content (AvgIpc) is 2.39. The normalized spacial score (nSPS) is 12.2. The zero-order chi connectivity index (χ0) is 14.4. The molecule has 0 rings (SSSR count). The van der Waals surface area contributed by atoms with E-state index in [-0.39, 0.29) is 0 Å². The van der Waals surface area contributed by atoms with Gasteiger partial charge in [-0.25, -0.2) is 0 Å². The zero-order valence-electron chi connectivity index (χ0n) is 12.6. The van der Waals surface area contributed by atoms with Crippen LogP contribution in [0, 0.1) is 0 Å². The predicted octanol–water partition coefficient (Wildman–Crippen LogP) is 2.60. The van der Waals surface area contributed by atoms with Crippen molar-refractivity contribution in [2.45, 2.75) is 33.7 Å². The fourth-order valence-corrected chi connectivity index (χ4v) is 3.97. The molecule has 0 amide bonds. The maximum absolute atomic E-state index is 5.73. The molecule has 0 saturated carbocycles. The first kappa shape index (κ1) is 18.6. The van der Waals surface area contributed by atoms with E-state index in [9.17, 15) is 0 Å². The second-order valence-electron chi connectivity index (χ2n) is 3.68. The lowest BCUT2D eigenvalue weighted by atomic mass is 10.7. The summed E-state index contributed by atoms with van der Waals surface area (Å²) in [5.74, 6) is 0. The topological polar surface area (TPSA) is 46.2 Å². The first-order chi connectivity index (χ1) is 9.24. The average molecular weight is 292 g/mol. The van der Waals surface area contributed by atoms with E-state index in [2.05, 4.69) is 0 Å². The minimum Gasteiger partial charge on any atom is -0.499 e. The molecule has 0 atom stereocenters. The molecular weight excluding hydrogens is 264 g/mol. The zero-order valence-corrected chi connectivity index (χ0v) is 13.6. The van der Waals surface area contributed by atoms with Gasteiger partial charge in [0.25, 0.3) is 0 Å². The van der Waals surface area contributed by atoms with Gasteiger partial charge in [0.05, 0.1) is 19.5 Å². The molecule has 0 bridgehead atoms. The summed E-state index contributed by atoms with van der Waals surface area (Å²) >= 11 is 0. The van der Waals surface area contributed by atoms with Crippen molar-refractivity contribution in [2.24, 2.45) is 0 Å². The number of allylic oxidation sites excluding steroid dienone is 1. The van der Waals surface area contributed by atoms with E-state index in [1.807, 2.05) is 33.8 Å².